The number of ether oxygens (including phenoxy) is 2. The molecule has 0 saturated heterocycles. The van der Waals surface area contributed by atoms with E-state index in [4.69, 9.17) is 24.8 Å². The lowest BCUT2D eigenvalue weighted by Gasteiger charge is -2.20. The molecule has 0 bridgehead atoms. The highest BCUT2D eigenvalue weighted by Gasteiger charge is 2.28. The van der Waals surface area contributed by atoms with E-state index in [9.17, 15) is 34.1 Å². The van der Waals surface area contributed by atoms with Crippen molar-refractivity contribution >= 4 is 25.7 Å². The SMILES string of the molecule is CC/C=C\C/C=C\C/C=C\C/C=C\C[C@H](O)[C@@H](O)CCCC(=O)OC[C@H](COP(=O)(O)OC[C@H](N)C(=O)O)OC(=O)CC/C=C\C/C=C\C/C=C\C/C=C\C/C=C\CCCCC. The standard InChI is InChI=1S/C48H76NO12P/c1-3-5-7-9-11-13-15-17-18-19-20-21-22-23-25-27-29-31-33-37-47(53)61-42(40-59-62(56,57)60-41-43(49)48(54)55)39-58-46(52)38-34-36-45(51)44(50)35-32-30-28-26-24-16-14-12-10-8-6-4-2/h6,8,11-14,17-18,20-21,23-26,29-32,42-45,50-51H,3-5,7,9-10,15-16,19,22,27-28,33-41,49H2,1-2H3,(H,54,55)(H,56,57)/b8-6-,13-11-,14-12-,18-17-,21-20-,25-23-,26-24-,31-29-,32-30-/t42-,43+,44+,45+/m1/s1. The van der Waals surface area contributed by atoms with Gasteiger partial charge in [0, 0.05) is 12.8 Å². The second kappa shape index (κ2) is 41.1. The average molecular weight is 890 g/mol. The summed E-state index contributed by atoms with van der Waals surface area (Å²) in [6, 6.07) is -1.58. The Morgan fingerprint density at radius 1 is 0.581 bits per heavy atom. The van der Waals surface area contributed by atoms with Crippen molar-refractivity contribution in [2.24, 2.45) is 5.73 Å². The summed E-state index contributed by atoms with van der Waals surface area (Å²) in [5.41, 5.74) is 5.31. The van der Waals surface area contributed by atoms with Gasteiger partial charge in [-0.2, -0.15) is 0 Å². The number of nitrogens with two attached hydrogens (primary N) is 1. The zero-order chi connectivity index (χ0) is 45.9. The van der Waals surface area contributed by atoms with Crippen molar-refractivity contribution in [1.29, 1.82) is 0 Å². The van der Waals surface area contributed by atoms with Gasteiger partial charge in [-0.05, 0) is 89.9 Å². The van der Waals surface area contributed by atoms with Crippen LogP contribution >= 0.6 is 7.82 Å². The van der Waals surface area contributed by atoms with E-state index in [2.05, 4.69) is 91.3 Å². The van der Waals surface area contributed by atoms with Crippen molar-refractivity contribution in [2.75, 3.05) is 19.8 Å². The predicted octanol–water partition coefficient (Wildman–Crippen LogP) is 9.78. The molecule has 0 aliphatic rings. The second-order valence-electron chi connectivity index (χ2n) is 14.4. The van der Waals surface area contributed by atoms with Gasteiger partial charge in [0.05, 0.1) is 25.4 Å². The number of esters is 2. The summed E-state index contributed by atoms with van der Waals surface area (Å²) < 4.78 is 32.4. The minimum absolute atomic E-state index is 0.0303. The Kier molecular flexibility index (Phi) is 38.5. The van der Waals surface area contributed by atoms with Crippen LogP contribution in [0.1, 0.15) is 129 Å². The first-order valence-electron chi connectivity index (χ1n) is 22.1. The fourth-order valence-electron chi connectivity index (χ4n) is 5.13. The normalized spacial score (nSPS) is 15.7. The molecule has 0 aromatic heterocycles. The molecule has 0 aliphatic heterocycles. The van der Waals surface area contributed by atoms with E-state index in [1.807, 2.05) is 30.4 Å². The highest BCUT2D eigenvalue weighted by atomic mass is 31.2. The number of carbonyl (C=O) groups is 3. The molecule has 0 saturated carbocycles. The van der Waals surface area contributed by atoms with Crippen molar-refractivity contribution in [2.45, 2.75) is 154 Å². The summed E-state index contributed by atoms with van der Waals surface area (Å²) in [6.45, 7) is 2.26. The van der Waals surface area contributed by atoms with E-state index in [1.165, 1.54) is 19.3 Å². The minimum Gasteiger partial charge on any atom is -0.480 e. The number of hydrogen-bond acceptors (Lipinski definition) is 11. The van der Waals surface area contributed by atoms with Crippen LogP contribution in [0.3, 0.4) is 0 Å². The third-order valence-corrected chi connectivity index (χ3v) is 9.67. The molecule has 0 rings (SSSR count). The number of hydrogen-bond donors (Lipinski definition) is 5. The topological polar surface area (TPSA) is 212 Å². The number of allylic oxidation sites excluding steroid dienone is 17. The van der Waals surface area contributed by atoms with Gasteiger partial charge >= 0.3 is 25.7 Å². The maximum atomic E-state index is 12.6. The van der Waals surface area contributed by atoms with Crippen LogP contribution in [0.4, 0.5) is 0 Å². The summed E-state index contributed by atoms with van der Waals surface area (Å²) in [7, 11) is -4.82. The van der Waals surface area contributed by atoms with E-state index >= 15 is 0 Å². The summed E-state index contributed by atoms with van der Waals surface area (Å²) >= 11 is 0. The van der Waals surface area contributed by atoms with E-state index in [1.54, 1.807) is 6.08 Å². The van der Waals surface area contributed by atoms with Gasteiger partial charge in [-0.3, -0.25) is 23.4 Å². The molecule has 1 unspecified atom stereocenters. The Morgan fingerprint density at radius 2 is 1.06 bits per heavy atom. The Labute approximate surface area is 371 Å². The molecular weight excluding hydrogens is 813 g/mol. The van der Waals surface area contributed by atoms with Crippen molar-refractivity contribution < 1.29 is 57.7 Å². The monoisotopic (exact) mass is 890 g/mol. The number of aliphatic hydroxyl groups is 2. The summed E-state index contributed by atoms with van der Waals surface area (Å²) in [5.74, 6) is -2.82. The van der Waals surface area contributed by atoms with Gasteiger partial charge < -0.3 is 35.4 Å². The number of aliphatic hydroxyl groups excluding tert-OH is 2. The molecule has 0 aromatic carbocycles. The lowest BCUT2D eigenvalue weighted by atomic mass is 10.0. The van der Waals surface area contributed by atoms with E-state index < -0.39 is 69.9 Å². The van der Waals surface area contributed by atoms with E-state index in [-0.39, 0.29) is 32.1 Å². The first kappa shape index (κ1) is 58.1. The number of rotatable bonds is 39. The van der Waals surface area contributed by atoms with Crippen LogP contribution in [0.25, 0.3) is 0 Å². The van der Waals surface area contributed by atoms with Crippen LogP contribution in [-0.4, -0.2) is 82.3 Å². The molecule has 0 spiro atoms. The van der Waals surface area contributed by atoms with Crippen molar-refractivity contribution in [3.05, 3.63) is 109 Å². The Morgan fingerprint density at radius 3 is 1.58 bits per heavy atom. The van der Waals surface area contributed by atoms with Crippen molar-refractivity contribution in [1.82, 2.24) is 0 Å². The number of carboxylic acid groups (broad SMARTS) is 1. The maximum Gasteiger partial charge on any atom is 0.472 e. The van der Waals surface area contributed by atoms with Gasteiger partial charge in [-0.15, -0.1) is 0 Å². The van der Waals surface area contributed by atoms with E-state index in [0.29, 0.717) is 19.3 Å². The molecule has 5 atom stereocenters. The first-order chi connectivity index (χ1) is 29.9. The molecule has 6 N–H and O–H groups in total. The first-order valence-corrected chi connectivity index (χ1v) is 23.6. The number of phosphoric acid groups is 1. The van der Waals surface area contributed by atoms with Gasteiger partial charge in [0.2, 0.25) is 0 Å². The van der Waals surface area contributed by atoms with Crippen molar-refractivity contribution in [3.63, 3.8) is 0 Å². The van der Waals surface area contributed by atoms with Gasteiger partial charge in [-0.25, -0.2) is 4.57 Å². The molecule has 62 heavy (non-hydrogen) atoms. The quantitative estimate of drug-likeness (QED) is 0.0169. The Bertz CT molecular complexity index is 1500. The van der Waals surface area contributed by atoms with E-state index in [0.717, 1.165) is 44.9 Å². The lowest BCUT2D eigenvalue weighted by molar-refractivity contribution is -0.161. The fourth-order valence-corrected chi connectivity index (χ4v) is 5.91. The minimum atomic E-state index is -4.82. The van der Waals surface area contributed by atoms with Crippen molar-refractivity contribution in [3.8, 4) is 0 Å². The van der Waals surface area contributed by atoms with Crippen LogP contribution in [0.2, 0.25) is 0 Å². The highest BCUT2D eigenvalue weighted by Crippen LogP contribution is 2.43. The molecule has 0 aromatic rings. The Balaban J connectivity index is 4.74. The molecule has 13 nitrogen and oxygen atoms in total. The van der Waals surface area contributed by atoms with Crippen LogP contribution in [0.15, 0.2) is 109 Å². The second-order valence-corrected chi connectivity index (χ2v) is 15.9. The summed E-state index contributed by atoms with van der Waals surface area (Å²) in [5, 5.41) is 29.6. The zero-order valence-corrected chi connectivity index (χ0v) is 38.0. The Hall–Kier alpha value is -3.94. The lowest BCUT2D eigenvalue weighted by Crippen LogP contribution is -2.34. The van der Waals surface area contributed by atoms with Crippen LogP contribution < -0.4 is 5.73 Å². The number of phosphoric ester groups is 1. The molecule has 0 aliphatic carbocycles. The maximum absolute atomic E-state index is 12.6. The highest BCUT2D eigenvalue weighted by molar-refractivity contribution is 7.47. The predicted molar refractivity (Wildman–Crippen MR) is 247 cm³/mol. The third-order valence-electron chi connectivity index (χ3n) is 8.72. The van der Waals surface area contributed by atoms with Gasteiger partial charge in [-0.1, -0.05) is 136 Å². The van der Waals surface area contributed by atoms with Crippen LogP contribution in [0, 0.1) is 0 Å². The molecule has 0 radical (unpaired) electrons. The van der Waals surface area contributed by atoms with Crippen LogP contribution in [-0.2, 0) is 37.5 Å². The number of carbonyl (C=O) groups excluding carboxylic acids is 2. The molecule has 14 heteroatoms. The average Bonchev–Trinajstić information content (AvgIpc) is 3.24. The van der Waals surface area contributed by atoms with Crippen LogP contribution in [0.5, 0.6) is 0 Å². The third kappa shape index (κ3) is 38.9. The number of carboxylic acids is 1. The number of aliphatic carboxylic acids is 1. The molecular formula is C48H76NO12P. The number of unbranched alkanes of at least 4 members (excludes halogenated alkanes) is 3. The molecule has 350 valence electrons. The fraction of sp³-hybridized carbons (Fsp3) is 0.562. The molecule has 0 fully saturated rings. The molecule has 0 amide bonds. The largest absolute Gasteiger partial charge is 0.480 e. The van der Waals surface area contributed by atoms with Gasteiger partial charge in [0.25, 0.3) is 0 Å². The summed E-state index contributed by atoms with van der Waals surface area (Å²) in [4.78, 5) is 46.0. The smallest absolute Gasteiger partial charge is 0.472 e. The summed E-state index contributed by atoms with van der Waals surface area (Å²) in [6.07, 6.45) is 46.3. The van der Waals surface area contributed by atoms with Gasteiger partial charge in [0.1, 0.15) is 12.6 Å². The van der Waals surface area contributed by atoms with Gasteiger partial charge in [0.15, 0.2) is 6.10 Å². The zero-order valence-electron chi connectivity index (χ0n) is 37.1. The molecule has 0 heterocycles.